The summed E-state index contributed by atoms with van der Waals surface area (Å²) in [6, 6.07) is 0. The van der Waals surface area contributed by atoms with Crippen LogP contribution < -0.4 is 0 Å². The Kier molecular flexibility index (Phi) is 76.6. The highest BCUT2D eigenvalue weighted by Crippen LogP contribution is 1.48. The van der Waals surface area contributed by atoms with Crippen molar-refractivity contribution < 1.29 is 14.6 Å². The van der Waals surface area contributed by atoms with Crippen LogP contribution in [0.3, 0.4) is 0 Å². The first kappa shape index (κ1) is 8.85. The molecule has 0 unspecified atom stereocenters. The van der Waals surface area contributed by atoms with E-state index in [1.165, 1.54) is 0 Å². The van der Waals surface area contributed by atoms with Crippen molar-refractivity contribution in [3.63, 3.8) is 0 Å². The van der Waals surface area contributed by atoms with Crippen LogP contribution in [0.1, 0.15) is 0 Å². The first-order chi connectivity index (χ1) is 2.41. The topological polar surface area (TPSA) is 29.5 Å². The molecule has 34 valence electrons. The Morgan fingerprint density at radius 2 is 1.60 bits per heavy atom. The fraction of sp³-hybridized carbons (Fsp3) is 1.00. The summed E-state index contributed by atoms with van der Waals surface area (Å²) in [4.78, 5) is 2.75. The minimum Gasteiger partial charge on any atom is -0.400 e. The maximum Gasteiger partial charge on any atom is 0.0766 e. The smallest absolute Gasteiger partial charge is 0.0766 e. The van der Waals surface area contributed by atoms with Gasteiger partial charge < -0.3 is 5.11 Å². The highest BCUT2D eigenvalue weighted by molar-refractivity contribution is 3.32. The molecule has 2 nitrogen and oxygen atoms in total. The quantitative estimate of drug-likeness (QED) is 0.450. The van der Waals surface area contributed by atoms with E-state index in [4.69, 9.17) is 5.11 Å². The van der Waals surface area contributed by atoms with Crippen LogP contribution >= 0.6 is 0 Å². The molecular formula is C2H7FO2. The number of halogens is 1. The summed E-state index contributed by atoms with van der Waals surface area (Å²) in [6.45, 7) is 0. The fourth-order valence-corrected chi connectivity index (χ4v) is 0. The lowest BCUT2D eigenvalue weighted by Crippen LogP contribution is -1.43. The van der Waals surface area contributed by atoms with E-state index in [1.54, 1.807) is 0 Å². The Morgan fingerprint density at radius 1 is 1.60 bits per heavy atom. The monoisotopic (exact) mass is 82.0 g/mol. The Labute approximate surface area is 30.1 Å². The molecule has 0 rings (SSSR count). The van der Waals surface area contributed by atoms with Gasteiger partial charge in [0.15, 0.2) is 0 Å². The minimum absolute atomic E-state index is 0.958. The number of hydrogen-bond acceptors (Lipinski definition) is 2. The van der Waals surface area contributed by atoms with E-state index in [2.05, 4.69) is 4.94 Å². The minimum atomic E-state index is 0.958. The molecule has 0 aromatic rings. The number of aliphatic hydroxyl groups excluding tert-OH is 1. The molecule has 5 heavy (non-hydrogen) atoms. The zero-order valence-corrected chi connectivity index (χ0v) is 3.23. The molecule has 3 heteroatoms. The largest absolute Gasteiger partial charge is 0.400 e. The summed E-state index contributed by atoms with van der Waals surface area (Å²) in [7, 11) is 1.96. The summed E-state index contributed by atoms with van der Waals surface area (Å²) >= 11 is 0. The van der Waals surface area contributed by atoms with E-state index in [0.29, 0.717) is 0 Å². The van der Waals surface area contributed by atoms with Gasteiger partial charge in [0.25, 0.3) is 0 Å². The molecule has 0 aromatic carbocycles. The van der Waals surface area contributed by atoms with E-state index in [9.17, 15) is 4.53 Å². The van der Waals surface area contributed by atoms with E-state index < -0.39 is 0 Å². The first-order valence-electron chi connectivity index (χ1n) is 1.01. The van der Waals surface area contributed by atoms with Crippen LogP contribution in [0.5, 0.6) is 0 Å². The second-order valence-electron chi connectivity index (χ2n) is 0.154. The van der Waals surface area contributed by atoms with Gasteiger partial charge in [-0.2, -0.15) is 4.94 Å². The molecule has 0 atom stereocenters. The molecule has 0 saturated carbocycles. The van der Waals surface area contributed by atoms with E-state index in [1.807, 2.05) is 0 Å². The van der Waals surface area contributed by atoms with Gasteiger partial charge in [-0.05, 0) is 4.53 Å². The van der Waals surface area contributed by atoms with Crippen molar-refractivity contribution in [2.24, 2.45) is 0 Å². The van der Waals surface area contributed by atoms with E-state index >= 15 is 0 Å². The van der Waals surface area contributed by atoms with E-state index in [0.717, 1.165) is 14.2 Å². The Hall–Kier alpha value is -0.150. The average molecular weight is 82.1 g/mol. The Balaban J connectivity index is 0. The number of rotatable bonds is 0. The van der Waals surface area contributed by atoms with Crippen molar-refractivity contribution in [1.82, 2.24) is 0 Å². The highest BCUT2D eigenvalue weighted by Gasteiger charge is 1.33. The highest BCUT2D eigenvalue weighted by atomic mass is 19.3. The molecule has 0 bridgehead atoms. The van der Waals surface area contributed by atoms with Crippen molar-refractivity contribution in [3.05, 3.63) is 0 Å². The third-order valence-corrected chi connectivity index (χ3v) is 0. The van der Waals surface area contributed by atoms with Crippen molar-refractivity contribution in [2.75, 3.05) is 14.2 Å². The van der Waals surface area contributed by atoms with Crippen LogP contribution in [-0.2, 0) is 4.94 Å². The van der Waals surface area contributed by atoms with Crippen LogP contribution in [0, 0.1) is 0 Å². The Bertz CT molecular complexity index is 7.61. The lowest BCUT2D eigenvalue weighted by atomic mass is 11.8. The second-order valence-corrected chi connectivity index (χ2v) is 0.154. The molecule has 1 N–H and O–H groups in total. The van der Waals surface area contributed by atoms with Crippen molar-refractivity contribution in [1.29, 1.82) is 0 Å². The average Bonchev–Trinajstić information content (AvgIpc) is 1.46. The van der Waals surface area contributed by atoms with Gasteiger partial charge in [0, 0.05) is 7.11 Å². The molecule has 0 aliphatic rings. The standard InChI is InChI=1S/CH3FO.CH4O/c1-3-2;1-2/h1H3;2H,1H3. The van der Waals surface area contributed by atoms with Gasteiger partial charge >= 0.3 is 0 Å². The zero-order valence-electron chi connectivity index (χ0n) is 3.23. The summed E-state index contributed by atoms with van der Waals surface area (Å²) in [6.07, 6.45) is 0. The third kappa shape index (κ3) is 586. The molecule has 0 aromatic heterocycles. The molecule has 0 saturated heterocycles. The normalized spacial score (nSPS) is 4.80. The molecule has 0 aliphatic carbocycles. The fourth-order valence-electron chi connectivity index (χ4n) is 0. The van der Waals surface area contributed by atoms with Gasteiger partial charge in [-0.25, -0.2) is 0 Å². The van der Waals surface area contributed by atoms with Gasteiger partial charge in [-0.3, -0.25) is 0 Å². The third-order valence-electron chi connectivity index (χ3n) is 0. The summed E-state index contributed by atoms with van der Waals surface area (Å²) in [5.41, 5.74) is 0. The van der Waals surface area contributed by atoms with Gasteiger partial charge in [0.05, 0.1) is 7.11 Å². The van der Waals surface area contributed by atoms with Crippen LogP contribution in [0.15, 0.2) is 0 Å². The zero-order chi connectivity index (χ0) is 4.71. The van der Waals surface area contributed by atoms with Crippen LogP contribution in [-0.4, -0.2) is 19.3 Å². The Morgan fingerprint density at radius 3 is 1.60 bits per heavy atom. The van der Waals surface area contributed by atoms with Crippen LogP contribution in [0.25, 0.3) is 0 Å². The predicted molar refractivity (Wildman–Crippen MR) is 16.3 cm³/mol. The van der Waals surface area contributed by atoms with Gasteiger partial charge in [0.1, 0.15) is 0 Å². The summed E-state index contributed by atoms with van der Waals surface area (Å²) in [5.74, 6) is 0. The van der Waals surface area contributed by atoms with Gasteiger partial charge in [0.2, 0.25) is 0 Å². The molecule has 0 radical (unpaired) electrons. The molecule has 0 fully saturated rings. The maximum atomic E-state index is 9.79. The lowest BCUT2D eigenvalue weighted by Gasteiger charge is -1.51. The lowest BCUT2D eigenvalue weighted by molar-refractivity contribution is -0.0960. The first-order valence-corrected chi connectivity index (χ1v) is 1.01. The molecule has 0 amide bonds. The van der Waals surface area contributed by atoms with Crippen LogP contribution in [0.4, 0.5) is 4.53 Å². The number of aliphatic hydroxyl groups is 1. The molecule has 0 aliphatic heterocycles. The van der Waals surface area contributed by atoms with Gasteiger partial charge in [-0.1, -0.05) is 0 Å². The van der Waals surface area contributed by atoms with Crippen molar-refractivity contribution >= 4 is 0 Å². The summed E-state index contributed by atoms with van der Waals surface area (Å²) in [5, 5.41) is 7.00. The van der Waals surface area contributed by atoms with Crippen molar-refractivity contribution in [3.8, 4) is 0 Å². The second kappa shape index (κ2) is 43.3. The summed E-state index contributed by atoms with van der Waals surface area (Å²) < 4.78 is 9.79. The SMILES string of the molecule is CO.COF. The molecule has 0 heterocycles. The van der Waals surface area contributed by atoms with Gasteiger partial charge in [-0.15, -0.1) is 0 Å². The predicted octanol–water partition coefficient (Wildman–Crippen LogP) is 0.126. The molecular weight excluding hydrogens is 75.0 g/mol. The maximum absolute atomic E-state index is 9.79. The molecule has 0 spiro atoms. The van der Waals surface area contributed by atoms with Crippen molar-refractivity contribution in [2.45, 2.75) is 0 Å². The van der Waals surface area contributed by atoms with E-state index in [-0.39, 0.29) is 0 Å². The number of hydrogen-bond donors (Lipinski definition) is 1. The van der Waals surface area contributed by atoms with Crippen LogP contribution in [0.2, 0.25) is 0 Å².